The molecule has 0 spiro atoms. The summed E-state index contributed by atoms with van der Waals surface area (Å²) in [5.41, 5.74) is 0.362. The highest BCUT2D eigenvalue weighted by atomic mass is 19.3. The van der Waals surface area contributed by atoms with Crippen molar-refractivity contribution in [2.45, 2.75) is 32.1 Å². The Balaban J connectivity index is 2.17. The van der Waals surface area contributed by atoms with E-state index in [1.807, 2.05) is 0 Å². The zero-order valence-electron chi connectivity index (χ0n) is 15.3. The monoisotopic (exact) mass is 390 g/mol. The predicted molar refractivity (Wildman–Crippen MR) is 99.0 cm³/mol. The van der Waals surface area contributed by atoms with Crippen molar-refractivity contribution in [2.75, 3.05) is 18.6 Å². The Bertz CT molecular complexity index is 902. The van der Waals surface area contributed by atoms with E-state index in [4.69, 9.17) is 4.74 Å². The molecule has 3 rings (SSSR count). The fraction of sp³-hybridized carbons (Fsp3) is 0.350. The fourth-order valence-corrected chi connectivity index (χ4v) is 3.32. The molecule has 2 aromatic rings. The number of ether oxygens (including phenoxy) is 1. The van der Waals surface area contributed by atoms with E-state index >= 15 is 0 Å². The smallest absolute Gasteiger partial charge is 0.336 e. The number of hydrogen-bond acceptors (Lipinski definition) is 4. The maximum Gasteiger partial charge on any atom is 0.336 e. The maximum absolute atomic E-state index is 13.2. The molecule has 6 nitrogen and oxygen atoms in total. The number of rotatable bonds is 5. The van der Waals surface area contributed by atoms with Crippen LogP contribution in [0.3, 0.4) is 0 Å². The minimum absolute atomic E-state index is 0.0403. The predicted octanol–water partition coefficient (Wildman–Crippen LogP) is 4.30. The molecule has 8 heteroatoms. The lowest BCUT2D eigenvalue weighted by Crippen LogP contribution is -2.30. The lowest BCUT2D eigenvalue weighted by Gasteiger charge is -2.22. The summed E-state index contributed by atoms with van der Waals surface area (Å²) in [6.45, 7) is 0.528. The number of nitrogens with zero attached hydrogens (tertiary/aromatic N) is 2. The Morgan fingerprint density at radius 3 is 2.68 bits per heavy atom. The number of benzene rings is 1. The third-order valence-electron chi connectivity index (χ3n) is 4.74. The molecule has 1 amide bonds. The molecule has 0 unspecified atom stereocenters. The number of anilines is 1. The molecule has 0 radical (unpaired) electrons. The summed E-state index contributed by atoms with van der Waals surface area (Å²) >= 11 is 0. The number of carboxylic acid groups (broad SMARTS) is 1. The van der Waals surface area contributed by atoms with Crippen LogP contribution >= 0.6 is 0 Å². The van der Waals surface area contributed by atoms with Gasteiger partial charge in [0.05, 0.1) is 18.9 Å². The van der Waals surface area contributed by atoms with Gasteiger partial charge in [-0.05, 0) is 37.1 Å². The molecule has 1 fully saturated rings. The van der Waals surface area contributed by atoms with E-state index in [0.717, 1.165) is 31.5 Å². The van der Waals surface area contributed by atoms with Gasteiger partial charge in [0.2, 0.25) is 5.91 Å². The van der Waals surface area contributed by atoms with Crippen molar-refractivity contribution in [1.82, 2.24) is 4.98 Å². The Morgan fingerprint density at radius 1 is 1.21 bits per heavy atom. The van der Waals surface area contributed by atoms with Crippen LogP contribution in [-0.4, -0.2) is 35.6 Å². The summed E-state index contributed by atoms with van der Waals surface area (Å²) in [6.07, 6.45) is 1.35. The molecule has 1 aromatic heterocycles. The lowest BCUT2D eigenvalue weighted by molar-refractivity contribution is -0.118. The van der Waals surface area contributed by atoms with Crippen LogP contribution in [0.2, 0.25) is 0 Å². The van der Waals surface area contributed by atoms with E-state index in [0.29, 0.717) is 18.7 Å². The summed E-state index contributed by atoms with van der Waals surface area (Å²) in [5, 5.41) is 9.58. The number of amides is 1. The molecule has 1 aliphatic rings. The second kappa shape index (κ2) is 8.33. The molecule has 1 aromatic carbocycles. The van der Waals surface area contributed by atoms with E-state index in [1.165, 1.54) is 13.2 Å². The molecule has 1 N–H and O–H groups in total. The summed E-state index contributed by atoms with van der Waals surface area (Å²) < 4.78 is 31.5. The molecule has 0 saturated carbocycles. The highest BCUT2D eigenvalue weighted by Gasteiger charge is 2.23. The van der Waals surface area contributed by atoms with Gasteiger partial charge in [-0.15, -0.1) is 0 Å². The molecule has 1 saturated heterocycles. The first-order chi connectivity index (χ1) is 13.4. The molecule has 0 bridgehead atoms. The molecule has 1 aliphatic heterocycles. The Morgan fingerprint density at radius 2 is 2.00 bits per heavy atom. The molecule has 2 heterocycles. The van der Waals surface area contributed by atoms with Crippen LogP contribution in [0.1, 0.15) is 48.2 Å². The average molecular weight is 390 g/mol. The minimum atomic E-state index is -2.81. The van der Waals surface area contributed by atoms with E-state index < -0.39 is 18.1 Å². The van der Waals surface area contributed by atoms with Crippen LogP contribution < -0.4 is 9.64 Å². The van der Waals surface area contributed by atoms with E-state index in [9.17, 15) is 23.5 Å². The second-order valence-electron chi connectivity index (χ2n) is 6.50. The number of halogens is 2. The number of carboxylic acids is 1. The zero-order valence-corrected chi connectivity index (χ0v) is 15.3. The van der Waals surface area contributed by atoms with Crippen LogP contribution in [0.5, 0.6) is 5.75 Å². The fourth-order valence-electron chi connectivity index (χ4n) is 3.32. The first-order valence-electron chi connectivity index (χ1n) is 8.92. The van der Waals surface area contributed by atoms with Crippen molar-refractivity contribution in [2.24, 2.45) is 0 Å². The van der Waals surface area contributed by atoms with Crippen LogP contribution in [0.4, 0.5) is 14.5 Å². The van der Waals surface area contributed by atoms with Crippen molar-refractivity contribution >= 4 is 17.6 Å². The molecule has 148 valence electrons. The highest BCUT2D eigenvalue weighted by Crippen LogP contribution is 2.37. The quantitative estimate of drug-likeness (QED) is 0.823. The molecule has 0 atom stereocenters. The SMILES string of the molecule is COc1cnc(C(F)F)cc1-c1cc(N2CCCCCC2=O)ccc1C(=O)O. The van der Waals surface area contributed by atoms with E-state index in [-0.39, 0.29) is 28.3 Å². The highest BCUT2D eigenvalue weighted by molar-refractivity contribution is 6.00. The minimum Gasteiger partial charge on any atom is -0.494 e. The first-order valence-corrected chi connectivity index (χ1v) is 8.92. The molecular weight excluding hydrogens is 370 g/mol. The summed E-state index contributed by atoms with van der Waals surface area (Å²) in [7, 11) is 1.35. The lowest BCUT2D eigenvalue weighted by atomic mass is 9.97. The van der Waals surface area contributed by atoms with Gasteiger partial charge in [-0.25, -0.2) is 13.6 Å². The summed E-state index contributed by atoms with van der Waals surface area (Å²) in [6, 6.07) is 5.62. The number of carbonyl (C=O) groups excluding carboxylic acids is 1. The summed E-state index contributed by atoms with van der Waals surface area (Å²) in [4.78, 5) is 29.4. The number of alkyl halides is 2. The van der Waals surface area contributed by atoms with Crippen molar-refractivity contribution in [3.8, 4) is 16.9 Å². The number of aromatic nitrogens is 1. The number of methoxy groups -OCH3 is 1. The van der Waals surface area contributed by atoms with E-state index in [2.05, 4.69) is 4.98 Å². The standard InChI is InChI=1S/C20H20F2N2O4/c1-28-17-11-23-16(19(21)22)10-15(17)14-9-12(6-7-13(14)20(26)27)24-8-4-2-3-5-18(24)25/h6-7,9-11,19H,2-5,8H2,1H3,(H,26,27). The third kappa shape index (κ3) is 3.95. The van der Waals surface area contributed by atoms with Crippen LogP contribution in [0.15, 0.2) is 30.5 Å². The second-order valence-corrected chi connectivity index (χ2v) is 6.50. The average Bonchev–Trinajstić information content (AvgIpc) is 2.91. The Kier molecular flexibility index (Phi) is 5.87. The van der Waals surface area contributed by atoms with Crippen molar-refractivity contribution < 1.29 is 28.2 Å². The van der Waals surface area contributed by atoms with Gasteiger partial charge < -0.3 is 14.7 Å². The zero-order chi connectivity index (χ0) is 20.3. The normalized spacial score (nSPS) is 14.9. The van der Waals surface area contributed by atoms with Crippen molar-refractivity contribution in [3.05, 3.63) is 41.7 Å². The summed E-state index contributed by atoms with van der Waals surface area (Å²) in [5.74, 6) is -1.08. The van der Waals surface area contributed by atoms with Gasteiger partial charge in [0.25, 0.3) is 6.43 Å². The van der Waals surface area contributed by atoms with Crippen molar-refractivity contribution in [1.29, 1.82) is 0 Å². The van der Waals surface area contributed by atoms with Crippen LogP contribution in [0, 0.1) is 0 Å². The first kappa shape index (κ1) is 19.7. The maximum atomic E-state index is 13.2. The number of carbonyl (C=O) groups is 2. The molecular formula is C20H20F2N2O4. The van der Waals surface area contributed by atoms with Crippen LogP contribution in [0.25, 0.3) is 11.1 Å². The van der Waals surface area contributed by atoms with Gasteiger partial charge in [-0.2, -0.15) is 0 Å². The largest absolute Gasteiger partial charge is 0.494 e. The molecule has 0 aliphatic carbocycles. The van der Waals surface area contributed by atoms with Gasteiger partial charge >= 0.3 is 5.97 Å². The number of hydrogen-bond donors (Lipinski definition) is 1. The molecule has 28 heavy (non-hydrogen) atoms. The van der Waals surface area contributed by atoms with Gasteiger partial charge in [0, 0.05) is 29.8 Å². The van der Waals surface area contributed by atoms with Crippen LogP contribution in [-0.2, 0) is 4.79 Å². The number of aromatic carboxylic acids is 1. The van der Waals surface area contributed by atoms with Gasteiger partial charge in [-0.1, -0.05) is 6.42 Å². The Labute approximate surface area is 160 Å². The van der Waals surface area contributed by atoms with Gasteiger partial charge in [0.1, 0.15) is 11.4 Å². The van der Waals surface area contributed by atoms with Crippen molar-refractivity contribution in [3.63, 3.8) is 0 Å². The van der Waals surface area contributed by atoms with E-state index in [1.54, 1.807) is 17.0 Å². The van der Waals surface area contributed by atoms with Gasteiger partial charge in [-0.3, -0.25) is 9.78 Å². The number of pyridine rings is 1. The Hall–Kier alpha value is -3.03. The topological polar surface area (TPSA) is 79.7 Å². The third-order valence-corrected chi connectivity index (χ3v) is 4.74. The van der Waals surface area contributed by atoms with Gasteiger partial charge in [0.15, 0.2) is 0 Å².